The SMILES string of the molecule is CC(O)C(NC(=O)C1CCCN1C(=O)C1CCCN1)C(=O)N1CCCC1C(=O)O. The number of nitrogens with zero attached hydrogens (tertiary/aromatic N) is 2. The molecule has 0 bridgehead atoms. The van der Waals surface area contributed by atoms with Crippen molar-refractivity contribution in [2.75, 3.05) is 19.6 Å². The van der Waals surface area contributed by atoms with Crippen LogP contribution in [0.3, 0.4) is 0 Å². The summed E-state index contributed by atoms with van der Waals surface area (Å²) in [5.74, 6) is -2.29. The molecule has 0 spiro atoms. The van der Waals surface area contributed by atoms with Gasteiger partial charge in [0.1, 0.15) is 18.1 Å². The van der Waals surface area contributed by atoms with Gasteiger partial charge in [0.25, 0.3) is 0 Å². The smallest absolute Gasteiger partial charge is 0.326 e. The Morgan fingerprint density at radius 3 is 2.24 bits per heavy atom. The van der Waals surface area contributed by atoms with Crippen molar-refractivity contribution in [3.8, 4) is 0 Å². The first kappa shape index (κ1) is 21.5. The van der Waals surface area contributed by atoms with Gasteiger partial charge in [0.15, 0.2) is 0 Å². The summed E-state index contributed by atoms with van der Waals surface area (Å²) in [6.07, 6.45) is 2.56. The van der Waals surface area contributed by atoms with E-state index in [9.17, 15) is 29.4 Å². The van der Waals surface area contributed by atoms with E-state index in [-0.39, 0.29) is 18.5 Å². The quantitative estimate of drug-likeness (QED) is 0.425. The molecule has 29 heavy (non-hydrogen) atoms. The zero-order valence-corrected chi connectivity index (χ0v) is 16.7. The number of carboxylic acids is 1. The Balaban J connectivity index is 1.68. The standard InChI is InChI=1S/C19H30N4O6/c1-11(24)15(18(27)23-10-4-7-14(23)19(28)29)21-16(25)13-6-3-9-22(13)17(26)12-5-2-8-20-12/h11-15,20,24H,2-10H2,1H3,(H,21,25)(H,28,29). The average molecular weight is 410 g/mol. The van der Waals surface area contributed by atoms with E-state index in [1.807, 2.05) is 0 Å². The minimum Gasteiger partial charge on any atom is -0.480 e. The van der Waals surface area contributed by atoms with Gasteiger partial charge in [0.2, 0.25) is 17.7 Å². The Bertz CT molecular complexity index is 663. The van der Waals surface area contributed by atoms with E-state index in [4.69, 9.17) is 0 Å². The monoisotopic (exact) mass is 410 g/mol. The Morgan fingerprint density at radius 1 is 1.00 bits per heavy atom. The van der Waals surface area contributed by atoms with E-state index in [1.54, 1.807) is 4.90 Å². The lowest BCUT2D eigenvalue weighted by Gasteiger charge is -2.31. The number of aliphatic carboxylic acids is 1. The number of carboxylic acid groups (broad SMARTS) is 1. The Morgan fingerprint density at radius 2 is 1.66 bits per heavy atom. The minimum absolute atomic E-state index is 0.106. The maximum atomic E-state index is 12.9. The number of hydrogen-bond acceptors (Lipinski definition) is 6. The number of amides is 3. The molecule has 3 aliphatic heterocycles. The molecule has 0 aliphatic carbocycles. The second-order valence-electron chi connectivity index (χ2n) is 8.09. The fraction of sp³-hybridized carbons (Fsp3) is 0.789. The van der Waals surface area contributed by atoms with Crippen LogP contribution in [0, 0.1) is 0 Å². The van der Waals surface area contributed by atoms with Crippen LogP contribution in [-0.2, 0) is 19.2 Å². The van der Waals surface area contributed by atoms with E-state index in [0.29, 0.717) is 32.2 Å². The summed E-state index contributed by atoms with van der Waals surface area (Å²) in [4.78, 5) is 52.7. The van der Waals surface area contributed by atoms with Gasteiger partial charge in [-0.05, 0) is 52.0 Å². The first-order chi connectivity index (χ1) is 13.8. The predicted octanol–water partition coefficient (Wildman–Crippen LogP) is -1.33. The molecule has 0 radical (unpaired) electrons. The van der Waals surface area contributed by atoms with Crippen molar-refractivity contribution in [1.82, 2.24) is 20.4 Å². The van der Waals surface area contributed by atoms with Crippen LogP contribution in [0.1, 0.15) is 45.4 Å². The van der Waals surface area contributed by atoms with Crippen LogP contribution in [0.2, 0.25) is 0 Å². The molecule has 0 aromatic heterocycles. The highest BCUT2D eigenvalue weighted by Gasteiger charge is 2.42. The lowest BCUT2D eigenvalue weighted by atomic mass is 10.1. The lowest BCUT2D eigenvalue weighted by molar-refractivity contribution is -0.151. The van der Waals surface area contributed by atoms with Gasteiger partial charge >= 0.3 is 5.97 Å². The second-order valence-corrected chi connectivity index (χ2v) is 8.09. The fourth-order valence-corrected chi connectivity index (χ4v) is 4.50. The van der Waals surface area contributed by atoms with Crippen LogP contribution in [0.5, 0.6) is 0 Å². The molecule has 3 aliphatic rings. The van der Waals surface area contributed by atoms with E-state index < -0.39 is 42.0 Å². The maximum Gasteiger partial charge on any atom is 0.326 e. The van der Waals surface area contributed by atoms with E-state index in [2.05, 4.69) is 10.6 Å². The number of likely N-dealkylation sites (tertiary alicyclic amines) is 2. The molecule has 3 amide bonds. The highest BCUT2D eigenvalue weighted by molar-refractivity contribution is 5.95. The van der Waals surface area contributed by atoms with Gasteiger partial charge in [0, 0.05) is 13.1 Å². The summed E-state index contributed by atoms with van der Waals surface area (Å²) in [5, 5.41) is 25.1. The fourth-order valence-electron chi connectivity index (χ4n) is 4.50. The lowest BCUT2D eigenvalue weighted by Crippen LogP contribution is -2.59. The molecular weight excluding hydrogens is 380 g/mol. The zero-order chi connectivity index (χ0) is 21.1. The van der Waals surface area contributed by atoms with E-state index in [0.717, 1.165) is 19.4 Å². The van der Waals surface area contributed by atoms with Gasteiger partial charge in [0.05, 0.1) is 12.1 Å². The van der Waals surface area contributed by atoms with Crippen LogP contribution in [0.4, 0.5) is 0 Å². The number of hydrogen-bond donors (Lipinski definition) is 4. The normalized spacial score (nSPS) is 29.0. The summed E-state index contributed by atoms with van der Waals surface area (Å²) >= 11 is 0. The maximum absolute atomic E-state index is 12.9. The van der Waals surface area contributed by atoms with Crippen molar-refractivity contribution in [2.24, 2.45) is 0 Å². The van der Waals surface area contributed by atoms with Gasteiger partial charge < -0.3 is 30.6 Å². The highest BCUT2D eigenvalue weighted by Crippen LogP contribution is 2.22. The summed E-state index contributed by atoms with van der Waals surface area (Å²) in [6.45, 7) is 2.92. The average Bonchev–Trinajstić information content (AvgIpc) is 3.44. The van der Waals surface area contributed by atoms with Crippen LogP contribution >= 0.6 is 0 Å². The molecule has 3 saturated heterocycles. The molecule has 5 atom stereocenters. The number of carbonyl (C=O) groups is 4. The van der Waals surface area contributed by atoms with Gasteiger partial charge in [-0.1, -0.05) is 0 Å². The van der Waals surface area contributed by atoms with Crippen molar-refractivity contribution in [1.29, 1.82) is 0 Å². The molecule has 3 heterocycles. The van der Waals surface area contributed by atoms with Crippen molar-refractivity contribution < 1.29 is 29.4 Å². The molecule has 3 rings (SSSR count). The molecule has 3 fully saturated rings. The van der Waals surface area contributed by atoms with E-state index >= 15 is 0 Å². The van der Waals surface area contributed by atoms with Crippen LogP contribution in [0.15, 0.2) is 0 Å². The third-order valence-corrected chi connectivity index (χ3v) is 6.06. The second kappa shape index (κ2) is 9.08. The summed E-state index contributed by atoms with van der Waals surface area (Å²) in [7, 11) is 0. The van der Waals surface area contributed by atoms with Crippen LogP contribution in [0.25, 0.3) is 0 Å². The molecule has 4 N–H and O–H groups in total. The number of carbonyl (C=O) groups excluding carboxylic acids is 3. The summed E-state index contributed by atoms with van der Waals surface area (Å²) in [5.41, 5.74) is 0. The predicted molar refractivity (Wildman–Crippen MR) is 102 cm³/mol. The third-order valence-electron chi connectivity index (χ3n) is 6.06. The molecule has 0 aromatic carbocycles. The Labute approximate surface area is 169 Å². The van der Waals surface area contributed by atoms with Crippen LogP contribution in [-0.4, -0.2) is 93.6 Å². The molecule has 10 nitrogen and oxygen atoms in total. The first-order valence-electron chi connectivity index (χ1n) is 10.4. The molecule has 10 heteroatoms. The van der Waals surface area contributed by atoms with Gasteiger partial charge in [-0.25, -0.2) is 4.79 Å². The topological polar surface area (TPSA) is 139 Å². The summed E-state index contributed by atoms with van der Waals surface area (Å²) in [6, 6.07) is -3.16. The number of rotatable bonds is 6. The molecule has 0 aromatic rings. The number of nitrogens with one attached hydrogen (secondary N) is 2. The Hall–Kier alpha value is -2.20. The Kier molecular flexibility index (Phi) is 6.74. The summed E-state index contributed by atoms with van der Waals surface area (Å²) < 4.78 is 0. The molecule has 5 unspecified atom stereocenters. The number of aliphatic hydroxyl groups is 1. The molecule has 0 saturated carbocycles. The van der Waals surface area contributed by atoms with Gasteiger partial charge in [-0.3, -0.25) is 14.4 Å². The molecular formula is C19H30N4O6. The largest absolute Gasteiger partial charge is 0.480 e. The highest BCUT2D eigenvalue weighted by atomic mass is 16.4. The van der Waals surface area contributed by atoms with Crippen molar-refractivity contribution in [3.63, 3.8) is 0 Å². The van der Waals surface area contributed by atoms with E-state index in [1.165, 1.54) is 11.8 Å². The van der Waals surface area contributed by atoms with Crippen molar-refractivity contribution in [3.05, 3.63) is 0 Å². The van der Waals surface area contributed by atoms with Gasteiger partial charge in [-0.2, -0.15) is 0 Å². The van der Waals surface area contributed by atoms with Crippen LogP contribution < -0.4 is 10.6 Å². The van der Waals surface area contributed by atoms with Crippen molar-refractivity contribution in [2.45, 2.75) is 75.7 Å². The van der Waals surface area contributed by atoms with Crippen molar-refractivity contribution >= 4 is 23.7 Å². The zero-order valence-electron chi connectivity index (χ0n) is 16.7. The minimum atomic E-state index is -1.25. The third kappa shape index (κ3) is 4.53. The molecule has 162 valence electrons. The number of aliphatic hydroxyl groups excluding tert-OH is 1. The van der Waals surface area contributed by atoms with Gasteiger partial charge in [-0.15, -0.1) is 0 Å². The first-order valence-corrected chi connectivity index (χ1v) is 10.4.